The fourth-order valence-electron chi connectivity index (χ4n) is 1.26. The molecule has 3 N–H and O–H groups in total. The third kappa shape index (κ3) is 2.57. The quantitative estimate of drug-likeness (QED) is 0.695. The normalized spacial score (nSPS) is 12.5. The molecule has 1 aromatic carbocycles. The summed E-state index contributed by atoms with van der Waals surface area (Å²) in [6.45, 7) is 0.314. The molecule has 5 heteroatoms. The predicted octanol–water partition coefficient (Wildman–Crippen LogP) is 0.793. The van der Waals surface area contributed by atoms with Crippen LogP contribution in [0.1, 0.15) is 11.7 Å². The van der Waals surface area contributed by atoms with E-state index in [1.165, 1.54) is 19.2 Å². The largest absolute Gasteiger partial charge is 0.505 e. The Morgan fingerprint density at radius 1 is 1.53 bits per heavy atom. The second-order valence-corrected chi connectivity index (χ2v) is 3.13. The minimum atomic E-state index is -0.821. The Labute approximate surface area is 87.3 Å². The van der Waals surface area contributed by atoms with Gasteiger partial charge in [-0.25, -0.2) is 0 Å². The number of rotatable bonds is 4. The standard InChI is InChI=1S/C10H14FNO3/c1-12-5-8(14)6-3-7(13)10(11)9(4-6)15-2/h3-4,8,12-14H,5H2,1-2H3. The molecule has 0 aliphatic rings. The third-order valence-corrected chi connectivity index (χ3v) is 2.04. The molecule has 0 spiro atoms. The lowest BCUT2D eigenvalue weighted by Gasteiger charge is -2.12. The van der Waals surface area contributed by atoms with Crippen LogP contribution in [-0.4, -0.2) is 30.9 Å². The van der Waals surface area contributed by atoms with Crippen molar-refractivity contribution in [2.24, 2.45) is 0 Å². The zero-order valence-electron chi connectivity index (χ0n) is 8.62. The maximum atomic E-state index is 13.2. The highest BCUT2D eigenvalue weighted by Gasteiger charge is 2.14. The zero-order chi connectivity index (χ0) is 11.4. The predicted molar refractivity (Wildman–Crippen MR) is 53.5 cm³/mol. The Morgan fingerprint density at radius 3 is 2.73 bits per heavy atom. The van der Waals surface area contributed by atoms with E-state index in [4.69, 9.17) is 4.74 Å². The highest BCUT2D eigenvalue weighted by atomic mass is 19.1. The molecule has 0 aromatic heterocycles. The average Bonchev–Trinajstić information content (AvgIpc) is 2.22. The molecule has 0 aliphatic carbocycles. The number of methoxy groups -OCH3 is 1. The second kappa shape index (κ2) is 4.95. The number of halogens is 1. The molecule has 4 nitrogen and oxygen atoms in total. The van der Waals surface area contributed by atoms with E-state index in [0.717, 1.165) is 0 Å². The van der Waals surface area contributed by atoms with Gasteiger partial charge in [0, 0.05) is 6.54 Å². The first-order valence-corrected chi connectivity index (χ1v) is 4.49. The van der Waals surface area contributed by atoms with Crippen molar-refractivity contribution in [2.45, 2.75) is 6.10 Å². The van der Waals surface area contributed by atoms with Gasteiger partial charge in [-0.3, -0.25) is 0 Å². The van der Waals surface area contributed by atoms with Gasteiger partial charge < -0.3 is 20.3 Å². The van der Waals surface area contributed by atoms with Gasteiger partial charge in [0.2, 0.25) is 5.82 Å². The summed E-state index contributed by atoms with van der Waals surface area (Å²) in [6.07, 6.45) is -0.810. The van der Waals surface area contributed by atoms with Crippen molar-refractivity contribution in [1.29, 1.82) is 0 Å². The Kier molecular flexibility index (Phi) is 3.88. The van der Waals surface area contributed by atoms with E-state index in [0.29, 0.717) is 12.1 Å². The summed E-state index contributed by atoms with van der Waals surface area (Å²) < 4.78 is 17.9. The summed E-state index contributed by atoms with van der Waals surface area (Å²) in [4.78, 5) is 0. The molecule has 0 amide bonds. The Hall–Kier alpha value is -1.33. The van der Waals surface area contributed by atoms with Crippen LogP contribution in [0.25, 0.3) is 0 Å². The smallest absolute Gasteiger partial charge is 0.206 e. The molecule has 1 rings (SSSR count). The number of phenols is 1. The van der Waals surface area contributed by atoms with Gasteiger partial charge in [-0.05, 0) is 24.7 Å². The number of likely N-dealkylation sites (N-methyl/N-ethyl adjacent to an activating group) is 1. The van der Waals surface area contributed by atoms with Gasteiger partial charge in [-0.1, -0.05) is 0 Å². The van der Waals surface area contributed by atoms with Crippen LogP contribution in [0.5, 0.6) is 11.5 Å². The van der Waals surface area contributed by atoms with Crippen LogP contribution in [0, 0.1) is 5.82 Å². The molecule has 0 bridgehead atoms. The van der Waals surface area contributed by atoms with Gasteiger partial charge in [-0.2, -0.15) is 4.39 Å². The van der Waals surface area contributed by atoms with E-state index in [-0.39, 0.29) is 5.75 Å². The van der Waals surface area contributed by atoms with Crippen LogP contribution < -0.4 is 10.1 Å². The van der Waals surface area contributed by atoms with Gasteiger partial charge in [0.25, 0.3) is 0 Å². The number of aliphatic hydroxyl groups is 1. The van der Waals surface area contributed by atoms with Crippen molar-refractivity contribution >= 4 is 0 Å². The van der Waals surface area contributed by atoms with Crippen molar-refractivity contribution in [1.82, 2.24) is 5.32 Å². The highest BCUT2D eigenvalue weighted by Crippen LogP contribution is 2.30. The number of benzene rings is 1. The number of ether oxygens (including phenoxy) is 1. The lowest BCUT2D eigenvalue weighted by molar-refractivity contribution is 0.176. The Balaban J connectivity index is 3.05. The van der Waals surface area contributed by atoms with Crippen LogP contribution in [0.2, 0.25) is 0 Å². The molecule has 1 aromatic rings. The summed E-state index contributed by atoms with van der Waals surface area (Å²) in [5, 5.41) is 21.6. The topological polar surface area (TPSA) is 61.7 Å². The molecule has 1 atom stereocenters. The molecule has 0 saturated heterocycles. The van der Waals surface area contributed by atoms with E-state index in [1.54, 1.807) is 7.05 Å². The van der Waals surface area contributed by atoms with E-state index in [9.17, 15) is 14.6 Å². The molecule has 0 aliphatic heterocycles. The fraction of sp³-hybridized carbons (Fsp3) is 0.400. The summed E-state index contributed by atoms with van der Waals surface area (Å²) >= 11 is 0. The molecule has 0 fully saturated rings. The van der Waals surface area contributed by atoms with Gasteiger partial charge in [0.15, 0.2) is 11.5 Å². The first kappa shape index (κ1) is 11.7. The number of hydrogen-bond donors (Lipinski definition) is 3. The van der Waals surface area contributed by atoms with Crippen molar-refractivity contribution in [2.75, 3.05) is 20.7 Å². The summed E-state index contributed by atoms with van der Waals surface area (Å²) in [7, 11) is 2.98. The molecular weight excluding hydrogens is 201 g/mol. The molecule has 15 heavy (non-hydrogen) atoms. The molecule has 0 saturated carbocycles. The number of aliphatic hydroxyl groups excluding tert-OH is 1. The van der Waals surface area contributed by atoms with E-state index < -0.39 is 17.7 Å². The van der Waals surface area contributed by atoms with Crippen molar-refractivity contribution < 1.29 is 19.3 Å². The van der Waals surface area contributed by atoms with Crippen molar-refractivity contribution in [3.05, 3.63) is 23.5 Å². The highest BCUT2D eigenvalue weighted by molar-refractivity contribution is 5.40. The lowest BCUT2D eigenvalue weighted by Crippen LogP contribution is -2.16. The van der Waals surface area contributed by atoms with Crippen molar-refractivity contribution in [3.8, 4) is 11.5 Å². The minimum Gasteiger partial charge on any atom is -0.505 e. The fourth-order valence-corrected chi connectivity index (χ4v) is 1.26. The Morgan fingerprint density at radius 2 is 2.20 bits per heavy atom. The number of nitrogens with one attached hydrogen (secondary N) is 1. The van der Waals surface area contributed by atoms with Crippen LogP contribution in [0.4, 0.5) is 4.39 Å². The van der Waals surface area contributed by atoms with E-state index in [2.05, 4.69) is 5.32 Å². The summed E-state index contributed by atoms with van der Waals surface area (Å²) in [5.41, 5.74) is 0.403. The van der Waals surface area contributed by atoms with Gasteiger partial charge in [0.05, 0.1) is 13.2 Å². The number of hydrogen-bond acceptors (Lipinski definition) is 4. The number of aromatic hydroxyl groups is 1. The Bertz CT molecular complexity index is 344. The molecule has 84 valence electrons. The van der Waals surface area contributed by atoms with Crippen LogP contribution in [0.15, 0.2) is 12.1 Å². The third-order valence-electron chi connectivity index (χ3n) is 2.04. The molecule has 1 unspecified atom stereocenters. The summed E-state index contributed by atoms with van der Waals surface area (Å²) in [6, 6.07) is 2.54. The van der Waals surface area contributed by atoms with E-state index in [1.807, 2.05) is 0 Å². The average molecular weight is 215 g/mol. The van der Waals surface area contributed by atoms with Gasteiger partial charge >= 0.3 is 0 Å². The molecule has 0 radical (unpaired) electrons. The van der Waals surface area contributed by atoms with Gasteiger partial charge in [-0.15, -0.1) is 0 Å². The minimum absolute atomic E-state index is 0.0832. The van der Waals surface area contributed by atoms with Crippen molar-refractivity contribution in [3.63, 3.8) is 0 Å². The first-order valence-electron chi connectivity index (χ1n) is 4.49. The molecule has 0 heterocycles. The first-order chi connectivity index (χ1) is 7.10. The maximum Gasteiger partial charge on any atom is 0.206 e. The number of phenolic OH excluding ortho intramolecular Hbond substituents is 1. The summed E-state index contributed by atoms with van der Waals surface area (Å²) in [5.74, 6) is -1.43. The SMILES string of the molecule is CNCC(O)c1cc(O)c(F)c(OC)c1. The monoisotopic (exact) mass is 215 g/mol. The van der Waals surface area contributed by atoms with Crippen LogP contribution >= 0.6 is 0 Å². The van der Waals surface area contributed by atoms with Gasteiger partial charge in [0.1, 0.15) is 0 Å². The second-order valence-electron chi connectivity index (χ2n) is 3.13. The van der Waals surface area contributed by atoms with Crippen LogP contribution in [0.3, 0.4) is 0 Å². The zero-order valence-corrected chi connectivity index (χ0v) is 8.62. The van der Waals surface area contributed by atoms with Crippen LogP contribution in [-0.2, 0) is 0 Å². The lowest BCUT2D eigenvalue weighted by atomic mass is 10.1. The molecular formula is C10H14FNO3. The maximum absolute atomic E-state index is 13.2. The van der Waals surface area contributed by atoms with E-state index >= 15 is 0 Å².